The molecule has 0 atom stereocenters. The maximum absolute atomic E-state index is 5.95. The van der Waals surface area contributed by atoms with E-state index in [1.807, 2.05) is 19.2 Å². The lowest BCUT2D eigenvalue weighted by atomic mass is 10.4. The Labute approximate surface area is 126 Å². The number of furan rings is 1. The minimum Gasteiger partial charge on any atom is -0.467 e. The van der Waals surface area contributed by atoms with Gasteiger partial charge in [-0.2, -0.15) is 9.97 Å². The Bertz CT molecular complexity index is 724. The number of aromatic nitrogens is 4. The summed E-state index contributed by atoms with van der Waals surface area (Å²) >= 11 is 5.95. The molecule has 8 heteroatoms. The van der Waals surface area contributed by atoms with Gasteiger partial charge in [-0.25, -0.2) is 4.98 Å². The molecule has 0 bridgehead atoms. The predicted molar refractivity (Wildman–Crippen MR) is 80.4 cm³/mol. The minimum atomic E-state index is 0.174. The Hall–Kier alpha value is -2.12. The molecule has 0 saturated carbocycles. The van der Waals surface area contributed by atoms with Crippen LogP contribution in [0.2, 0.25) is 5.28 Å². The van der Waals surface area contributed by atoms with Gasteiger partial charge in [0, 0.05) is 13.0 Å². The van der Waals surface area contributed by atoms with Gasteiger partial charge in [-0.3, -0.25) is 0 Å². The monoisotopic (exact) mass is 306 g/mol. The third-order valence-corrected chi connectivity index (χ3v) is 3.16. The highest BCUT2D eigenvalue weighted by atomic mass is 35.5. The summed E-state index contributed by atoms with van der Waals surface area (Å²) in [7, 11) is 1.90. The van der Waals surface area contributed by atoms with Crippen molar-refractivity contribution in [3.8, 4) is 0 Å². The topological polar surface area (TPSA) is 91.7 Å². The minimum absolute atomic E-state index is 0.174. The first-order valence-electron chi connectivity index (χ1n) is 6.59. The van der Waals surface area contributed by atoms with Crippen LogP contribution in [0.5, 0.6) is 0 Å². The highest BCUT2D eigenvalue weighted by Gasteiger charge is 2.12. The second kappa shape index (κ2) is 6.11. The van der Waals surface area contributed by atoms with E-state index < -0.39 is 0 Å². The lowest BCUT2D eigenvalue weighted by Crippen LogP contribution is -2.11. The van der Waals surface area contributed by atoms with E-state index in [9.17, 15) is 0 Å². The van der Waals surface area contributed by atoms with Crippen molar-refractivity contribution in [3.63, 3.8) is 0 Å². The molecule has 3 aromatic heterocycles. The summed E-state index contributed by atoms with van der Waals surface area (Å²) in [6.07, 6.45) is 2.41. The van der Waals surface area contributed by atoms with Crippen LogP contribution in [0.25, 0.3) is 11.2 Å². The van der Waals surface area contributed by atoms with Crippen molar-refractivity contribution in [2.24, 2.45) is 0 Å². The quantitative estimate of drug-likeness (QED) is 0.603. The number of imidazole rings is 1. The second-order valence-electron chi connectivity index (χ2n) is 4.51. The van der Waals surface area contributed by atoms with Crippen molar-refractivity contribution in [1.82, 2.24) is 25.3 Å². The number of anilines is 1. The summed E-state index contributed by atoms with van der Waals surface area (Å²) in [6.45, 7) is 1.34. The molecule has 0 unspecified atom stereocenters. The lowest BCUT2D eigenvalue weighted by molar-refractivity contribution is 0.518. The van der Waals surface area contributed by atoms with Crippen molar-refractivity contribution in [3.05, 3.63) is 35.3 Å². The molecule has 0 fully saturated rings. The summed E-state index contributed by atoms with van der Waals surface area (Å²) < 4.78 is 5.28. The average Bonchev–Trinajstić information content (AvgIpc) is 3.11. The first-order valence-corrected chi connectivity index (χ1v) is 6.97. The molecule has 3 rings (SSSR count). The van der Waals surface area contributed by atoms with Gasteiger partial charge in [0.05, 0.1) is 12.8 Å². The SMILES string of the molecule is CNCCc1nc2c(NCc3ccco3)nc(Cl)nc2[nH]1. The van der Waals surface area contributed by atoms with Gasteiger partial charge in [0.1, 0.15) is 11.6 Å². The number of aromatic amines is 1. The van der Waals surface area contributed by atoms with Crippen LogP contribution in [0, 0.1) is 0 Å². The second-order valence-corrected chi connectivity index (χ2v) is 4.85. The summed E-state index contributed by atoms with van der Waals surface area (Å²) in [6, 6.07) is 3.72. The van der Waals surface area contributed by atoms with Crippen molar-refractivity contribution in [2.75, 3.05) is 18.9 Å². The van der Waals surface area contributed by atoms with Crippen molar-refractivity contribution >= 4 is 28.6 Å². The highest BCUT2D eigenvalue weighted by Crippen LogP contribution is 2.21. The average molecular weight is 307 g/mol. The number of hydrogen-bond donors (Lipinski definition) is 3. The van der Waals surface area contributed by atoms with Crippen LogP contribution in [0.15, 0.2) is 22.8 Å². The standard InChI is InChI=1S/C13H15ClN6O/c1-15-5-4-9-17-10-11(16-7-8-3-2-6-21-8)19-13(14)20-12(10)18-9/h2-3,6,15H,4-5,7H2,1H3,(H2,16,17,18,19,20). The number of rotatable bonds is 6. The fraction of sp³-hybridized carbons (Fsp3) is 0.308. The zero-order chi connectivity index (χ0) is 14.7. The van der Waals surface area contributed by atoms with Gasteiger partial charge in [-0.1, -0.05) is 0 Å². The number of nitrogens with one attached hydrogen (secondary N) is 3. The third-order valence-electron chi connectivity index (χ3n) is 2.99. The van der Waals surface area contributed by atoms with Gasteiger partial charge in [-0.15, -0.1) is 0 Å². The Morgan fingerprint density at radius 1 is 1.33 bits per heavy atom. The molecule has 0 saturated heterocycles. The molecule has 7 nitrogen and oxygen atoms in total. The van der Waals surface area contributed by atoms with E-state index >= 15 is 0 Å². The maximum atomic E-state index is 5.95. The van der Waals surface area contributed by atoms with E-state index in [-0.39, 0.29) is 5.28 Å². The molecule has 110 valence electrons. The number of halogens is 1. The van der Waals surface area contributed by atoms with E-state index in [0.29, 0.717) is 23.5 Å². The van der Waals surface area contributed by atoms with Crippen LogP contribution in [-0.2, 0) is 13.0 Å². The first-order chi connectivity index (χ1) is 10.3. The van der Waals surface area contributed by atoms with Crippen LogP contribution in [0.1, 0.15) is 11.6 Å². The Kier molecular flexibility index (Phi) is 4.03. The summed E-state index contributed by atoms with van der Waals surface area (Å²) in [5.41, 5.74) is 1.31. The van der Waals surface area contributed by atoms with E-state index in [1.165, 1.54) is 0 Å². The smallest absolute Gasteiger partial charge is 0.226 e. The van der Waals surface area contributed by atoms with Gasteiger partial charge in [0.25, 0.3) is 0 Å². The molecule has 0 spiro atoms. The van der Waals surface area contributed by atoms with E-state index in [2.05, 4.69) is 30.6 Å². The largest absolute Gasteiger partial charge is 0.467 e. The van der Waals surface area contributed by atoms with Gasteiger partial charge < -0.3 is 20.0 Å². The van der Waals surface area contributed by atoms with Gasteiger partial charge in [-0.05, 0) is 30.8 Å². The van der Waals surface area contributed by atoms with Crippen LogP contribution < -0.4 is 10.6 Å². The Balaban J connectivity index is 1.87. The molecular weight excluding hydrogens is 292 g/mol. The maximum Gasteiger partial charge on any atom is 0.226 e. The zero-order valence-corrected chi connectivity index (χ0v) is 12.2. The molecule has 21 heavy (non-hydrogen) atoms. The number of H-pyrrole nitrogens is 1. The van der Waals surface area contributed by atoms with Crippen molar-refractivity contribution < 1.29 is 4.42 Å². The van der Waals surface area contributed by atoms with Gasteiger partial charge in [0.2, 0.25) is 5.28 Å². The van der Waals surface area contributed by atoms with Gasteiger partial charge in [0.15, 0.2) is 17.0 Å². The summed E-state index contributed by atoms with van der Waals surface area (Å²) in [5.74, 6) is 2.24. The number of nitrogens with zero attached hydrogens (tertiary/aromatic N) is 3. The van der Waals surface area contributed by atoms with Crippen LogP contribution in [0.4, 0.5) is 5.82 Å². The molecule has 3 heterocycles. The normalized spacial score (nSPS) is 11.1. The van der Waals surface area contributed by atoms with Crippen LogP contribution >= 0.6 is 11.6 Å². The number of hydrogen-bond acceptors (Lipinski definition) is 6. The first kappa shape index (κ1) is 13.8. The number of fused-ring (bicyclic) bond motifs is 1. The molecule has 0 aromatic carbocycles. The van der Waals surface area contributed by atoms with E-state index in [0.717, 1.165) is 24.6 Å². The Morgan fingerprint density at radius 3 is 3.00 bits per heavy atom. The predicted octanol–water partition coefficient (Wildman–Crippen LogP) is 1.97. The molecule has 0 aliphatic carbocycles. The lowest BCUT2D eigenvalue weighted by Gasteiger charge is -2.04. The molecule has 0 aliphatic rings. The number of likely N-dealkylation sites (N-methyl/N-ethyl adjacent to an activating group) is 1. The van der Waals surface area contributed by atoms with Crippen molar-refractivity contribution in [2.45, 2.75) is 13.0 Å². The highest BCUT2D eigenvalue weighted by molar-refractivity contribution is 6.28. The fourth-order valence-electron chi connectivity index (χ4n) is 1.99. The molecule has 0 amide bonds. The van der Waals surface area contributed by atoms with Crippen LogP contribution in [-0.4, -0.2) is 33.5 Å². The third kappa shape index (κ3) is 3.14. The van der Waals surface area contributed by atoms with Crippen LogP contribution in [0.3, 0.4) is 0 Å². The van der Waals surface area contributed by atoms with Gasteiger partial charge >= 0.3 is 0 Å². The molecular formula is C13H15ClN6O. The van der Waals surface area contributed by atoms with E-state index in [4.69, 9.17) is 16.0 Å². The molecule has 3 aromatic rings. The zero-order valence-electron chi connectivity index (χ0n) is 11.5. The van der Waals surface area contributed by atoms with Crippen molar-refractivity contribution in [1.29, 1.82) is 0 Å². The summed E-state index contributed by atoms with van der Waals surface area (Å²) in [4.78, 5) is 16.0. The van der Waals surface area contributed by atoms with E-state index in [1.54, 1.807) is 6.26 Å². The fourth-order valence-corrected chi connectivity index (χ4v) is 2.16. The Morgan fingerprint density at radius 2 is 2.24 bits per heavy atom. The molecule has 3 N–H and O–H groups in total. The molecule has 0 radical (unpaired) electrons. The molecule has 0 aliphatic heterocycles. The summed E-state index contributed by atoms with van der Waals surface area (Å²) in [5, 5.41) is 6.43.